The predicted molar refractivity (Wildman–Crippen MR) is 194 cm³/mol. The summed E-state index contributed by atoms with van der Waals surface area (Å²) in [7, 11) is 4.27. The van der Waals surface area contributed by atoms with Crippen molar-refractivity contribution in [2.24, 2.45) is 14.1 Å². The summed E-state index contributed by atoms with van der Waals surface area (Å²) in [5.41, 5.74) is 16.3. The number of hydrogen-bond donors (Lipinski definition) is 2. The Morgan fingerprint density at radius 2 is 1.38 bits per heavy atom. The summed E-state index contributed by atoms with van der Waals surface area (Å²) >= 11 is 0. The molecule has 7 aliphatic rings. The van der Waals surface area contributed by atoms with Crippen LogP contribution in [0, 0.1) is 6.08 Å². The van der Waals surface area contributed by atoms with Crippen LogP contribution in [-0.4, -0.2) is 38.9 Å². The number of fused-ring (bicyclic) bond motifs is 17. The minimum atomic E-state index is 0.0373. The van der Waals surface area contributed by atoms with Crippen LogP contribution in [0.25, 0.3) is 33.0 Å². The van der Waals surface area contributed by atoms with E-state index in [9.17, 15) is 9.59 Å². The smallest absolute Gasteiger partial charge is 0.269 e. The number of rotatable bonds is 0. The molecular weight excluding hydrogens is 621 g/mol. The average molecular weight is 654 g/mol. The number of benzene rings is 3. The van der Waals surface area contributed by atoms with E-state index in [1.54, 1.807) is 0 Å². The van der Waals surface area contributed by atoms with Gasteiger partial charge in [0, 0.05) is 83.8 Å². The highest BCUT2D eigenvalue weighted by Gasteiger charge is 2.50. The molecular formula is C42H33N6O2+. The molecule has 0 bridgehead atoms. The molecule has 8 nitrogen and oxygen atoms in total. The zero-order chi connectivity index (χ0) is 33.4. The van der Waals surface area contributed by atoms with Gasteiger partial charge in [0.15, 0.2) is 5.70 Å². The Morgan fingerprint density at radius 1 is 0.720 bits per heavy atom. The second kappa shape index (κ2) is 9.74. The average Bonchev–Trinajstić information content (AvgIpc) is 3.99. The molecule has 8 heterocycles. The molecule has 2 atom stereocenters. The van der Waals surface area contributed by atoms with E-state index in [2.05, 4.69) is 129 Å². The summed E-state index contributed by atoms with van der Waals surface area (Å²) in [4.78, 5) is 30.0. The molecule has 0 saturated heterocycles. The van der Waals surface area contributed by atoms with Gasteiger partial charge in [-0.1, -0.05) is 54.6 Å². The first-order valence-corrected chi connectivity index (χ1v) is 17.3. The zero-order valence-corrected chi connectivity index (χ0v) is 27.7. The molecule has 50 heavy (non-hydrogen) atoms. The first-order valence-electron chi connectivity index (χ1n) is 17.3. The van der Waals surface area contributed by atoms with Crippen molar-refractivity contribution in [3.8, 4) is 0 Å². The van der Waals surface area contributed by atoms with Crippen LogP contribution >= 0.6 is 0 Å². The molecule has 2 amide bonds. The number of nitrogens with one attached hydrogen (secondary N) is 2. The lowest BCUT2D eigenvalue weighted by molar-refractivity contribution is -0.118. The van der Waals surface area contributed by atoms with Crippen LogP contribution in [-0.2, 0) is 30.1 Å². The molecule has 0 fully saturated rings. The summed E-state index contributed by atoms with van der Waals surface area (Å²) in [6, 6.07) is 25.9. The number of nitrogens with zero attached hydrogens (tertiary/aromatic N) is 4. The maximum atomic E-state index is 12.7. The first-order chi connectivity index (χ1) is 24.5. The largest absolute Gasteiger partial charge is 0.347 e. The number of aryl methyl sites for hydroxylation is 2. The lowest BCUT2D eigenvalue weighted by Crippen LogP contribution is -2.32. The summed E-state index contributed by atoms with van der Waals surface area (Å²) in [6.07, 6.45) is 11.2. The van der Waals surface area contributed by atoms with Gasteiger partial charge in [0.25, 0.3) is 11.8 Å². The number of para-hydroxylation sites is 3. The highest BCUT2D eigenvalue weighted by Crippen LogP contribution is 2.54. The molecule has 8 heteroatoms. The molecule has 0 radical (unpaired) electrons. The van der Waals surface area contributed by atoms with Crippen LogP contribution in [0.5, 0.6) is 0 Å². The monoisotopic (exact) mass is 653 g/mol. The van der Waals surface area contributed by atoms with Crippen molar-refractivity contribution in [3.05, 3.63) is 148 Å². The van der Waals surface area contributed by atoms with Crippen molar-refractivity contribution in [1.29, 1.82) is 0 Å². The third-order valence-corrected chi connectivity index (χ3v) is 11.8. The molecule has 2 N–H and O–H groups in total. The third-order valence-electron chi connectivity index (χ3n) is 11.8. The SMILES string of the molecule is Cn1c2c(c3ccccc31)C1=C(C(=O)NC1)N1C3=C(C=C[C+]=C3)CC21.Cn1c2c(c3ccccc31)C1=C(CNC1=O)N1c3ccccc3CC21. The third kappa shape index (κ3) is 3.38. The molecule has 5 aromatic rings. The molecule has 6 aliphatic heterocycles. The van der Waals surface area contributed by atoms with Gasteiger partial charge in [0.1, 0.15) is 17.8 Å². The molecule has 12 rings (SSSR count). The zero-order valence-electron chi connectivity index (χ0n) is 27.7. The van der Waals surface area contributed by atoms with Gasteiger partial charge in [-0.15, -0.1) is 0 Å². The maximum Gasteiger partial charge on any atom is 0.269 e. The minimum absolute atomic E-state index is 0.0373. The maximum absolute atomic E-state index is 12.7. The van der Waals surface area contributed by atoms with Crippen LogP contribution in [0.2, 0.25) is 0 Å². The number of aromatic nitrogens is 2. The summed E-state index contributed by atoms with van der Waals surface area (Å²) in [6.45, 7) is 1.21. The van der Waals surface area contributed by atoms with E-state index in [-0.39, 0.29) is 23.9 Å². The van der Waals surface area contributed by atoms with E-state index in [1.807, 2.05) is 12.2 Å². The fourth-order valence-corrected chi connectivity index (χ4v) is 9.81. The standard InChI is InChI=1S/C21H15N3O.C21H17N3O/c1-23-16-9-5-3-7-13(16)18-14-11-22-21(25)19(14)24-15-8-4-2-6-12(15)10-17(24)20(18)23;1-23-15-9-5-3-7-13(15)18-19-17(11-22-21(19)25)24-14-8-4-2-6-12(14)10-16(24)20(18)23/h2-3,5-9,17H,10-11H2,1H3;2-9,16H,10-11H2,1H3,(H,22,25)/p+1. The van der Waals surface area contributed by atoms with Crippen molar-refractivity contribution in [3.63, 3.8) is 0 Å². The van der Waals surface area contributed by atoms with Crippen LogP contribution < -0.4 is 15.5 Å². The van der Waals surface area contributed by atoms with Gasteiger partial charge in [-0.25, -0.2) is 0 Å². The highest BCUT2D eigenvalue weighted by atomic mass is 16.2. The molecule has 242 valence electrons. The number of carbonyl (C=O) groups is 2. The fraction of sp³-hybridized carbons (Fsp3) is 0.190. The van der Waals surface area contributed by atoms with Gasteiger partial charge in [0.05, 0.1) is 52.9 Å². The van der Waals surface area contributed by atoms with Gasteiger partial charge >= 0.3 is 0 Å². The quantitative estimate of drug-likeness (QED) is 0.198. The van der Waals surface area contributed by atoms with E-state index < -0.39 is 0 Å². The lowest BCUT2D eigenvalue weighted by Gasteiger charge is -2.34. The van der Waals surface area contributed by atoms with E-state index >= 15 is 0 Å². The van der Waals surface area contributed by atoms with E-state index in [1.165, 1.54) is 55.6 Å². The van der Waals surface area contributed by atoms with Gasteiger partial charge in [-0.05, 0) is 23.8 Å². The molecule has 0 saturated carbocycles. The van der Waals surface area contributed by atoms with Gasteiger partial charge in [0.2, 0.25) is 0 Å². The Balaban J connectivity index is 0.000000120. The summed E-state index contributed by atoms with van der Waals surface area (Å²) < 4.78 is 4.59. The van der Waals surface area contributed by atoms with Crippen molar-refractivity contribution in [2.45, 2.75) is 24.9 Å². The topological polar surface area (TPSA) is 74.5 Å². The number of hydrogen-bond acceptors (Lipinski definition) is 4. The van der Waals surface area contributed by atoms with E-state index in [0.29, 0.717) is 13.1 Å². The molecule has 0 spiro atoms. The highest BCUT2D eigenvalue weighted by molar-refractivity contribution is 6.27. The van der Waals surface area contributed by atoms with Gasteiger partial charge in [-0.2, -0.15) is 0 Å². The summed E-state index contributed by atoms with van der Waals surface area (Å²) in [5.74, 6) is 0.0886. The van der Waals surface area contributed by atoms with Crippen molar-refractivity contribution < 1.29 is 9.59 Å². The second-order valence-corrected chi connectivity index (χ2v) is 14.1. The van der Waals surface area contributed by atoms with Crippen LogP contribution in [0.1, 0.15) is 46.6 Å². The molecule has 2 unspecified atom stereocenters. The van der Waals surface area contributed by atoms with E-state index in [0.717, 1.165) is 46.6 Å². The Kier molecular flexibility index (Phi) is 5.42. The van der Waals surface area contributed by atoms with E-state index in [4.69, 9.17) is 0 Å². The minimum Gasteiger partial charge on any atom is -0.347 e. The van der Waals surface area contributed by atoms with Crippen LogP contribution in [0.3, 0.4) is 0 Å². The van der Waals surface area contributed by atoms with Crippen molar-refractivity contribution >= 4 is 50.5 Å². The lowest BCUT2D eigenvalue weighted by atomic mass is 9.92. The second-order valence-electron chi connectivity index (χ2n) is 14.1. The Morgan fingerprint density at radius 3 is 2.18 bits per heavy atom. The number of amides is 2. The number of allylic oxidation sites excluding steroid dienone is 4. The van der Waals surface area contributed by atoms with Crippen LogP contribution in [0.4, 0.5) is 5.69 Å². The van der Waals surface area contributed by atoms with Gasteiger partial charge in [-0.3, -0.25) is 14.5 Å². The Hall–Kier alpha value is -6.11. The molecule has 2 aromatic heterocycles. The fourth-order valence-electron chi connectivity index (χ4n) is 9.81. The molecule has 1 aliphatic carbocycles. The Bertz CT molecular complexity index is 2590. The van der Waals surface area contributed by atoms with Crippen LogP contribution in [0.15, 0.2) is 114 Å². The normalized spacial score (nSPS) is 21.6. The number of anilines is 1. The number of carbonyl (C=O) groups excluding carboxylic acids is 2. The molecule has 3 aromatic carbocycles. The summed E-state index contributed by atoms with van der Waals surface area (Å²) in [5, 5.41) is 8.52. The first kappa shape index (κ1) is 27.8. The Labute approximate surface area is 289 Å². The van der Waals surface area contributed by atoms with Crippen molar-refractivity contribution in [2.75, 3.05) is 18.0 Å². The van der Waals surface area contributed by atoms with Gasteiger partial charge < -0.3 is 24.7 Å². The predicted octanol–water partition coefficient (Wildman–Crippen LogP) is 6.10. The van der Waals surface area contributed by atoms with Crippen molar-refractivity contribution in [1.82, 2.24) is 24.7 Å².